The van der Waals surface area contributed by atoms with E-state index in [1.807, 2.05) is 6.92 Å². The third kappa shape index (κ3) is 2.28. The lowest BCUT2D eigenvalue weighted by molar-refractivity contribution is 0.103. The SMILES string of the molecule is CC[C@H](NO)C(C)C. The van der Waals surface area contributed by atoms with Gasteiger partial charge in [0.2, 0.25) is 0 Å². The zero-order chi connectivity index (χ0) is 6.57. The molecule has 0 amide bonds. The summed E-state index contributed by atoms with van der Waals surface area (Å²) in [4.78, 5) is 0. The molecule has 0 heterocycles. The largest absolute Gasteiger partial charge is 0.317 e. The van der Waals surface area contributed by atoms with Gasteiger partial charge in [-0.1, -0.05) is 20.8 Å². The van der Waals surface area contributed by atoms with Crippen LogP contribution in [0.5, 0.6) is 0 Å². The molecule has 1 atom stereocenters. The molecular formula is C6H15NO. The third-order valence-corrected chi connectivity index (χ3v) is 1.41. The Morgan fingerprint density at radius 2 is 2.00 bits per heavy atom. The van der Waals surface area contributed by atoms with Gasteiger partial charge in [-0.25, -0.2) is 5.48 Å². The van der Waals surface area contributed by atoms with Gasteiger partial charge in [-0.3, -0.25) is 0 Å². The van der Waals surface area contributed by atoms with Crippen molar-refractivity contribution in [1.82, 2.24) is 5.48 Å². The molecule has 2 N–H and O–H groups in total. The normalized spacial score (nSPS) is 14.6. The molecule has 0 aliphatic rings. The standard InChI is InChI=1S/C6H15NO/c1-4-6(7-8)5(2)3/h5-8H,4H2,1-3H3/t6-/m0/s1. The smallest absolute Gasteiger partial charge is 0.0340 e. The summed E-state index contributed by atoms with van der Waals surface area (Å²) in [6, 6.07) is 0.259. The molecule has 0 aliphatic heterocycles. The summed E-state index contributed by atoms with van der Waals surface area (Å²) in [5.41, 5.74) is 2.25. The Morgan fingerprint density at radius 1 is 1.50 bits per heavy atom. The average molecular weight is 117 g/mol. The minimum Gasteiger partial charge on any atom is -0.317 e. The van der Waals surface area contributed by atoms with Crippen LogP contribution in [0.4, 0.5) is 0 Å². The van der Waals surface area contributed by atoms with Crippen molar-refractivity contribution in [2.45, 2.75) is 33.2 Å². The Balaban J connectivity index is 3.35. The molecule has 50 valence electrons. The zero-order valence-electron chi connectivity index (χ0n) is 5.81. The van der Waals surface area contributed by atoms with Crippen molar-refractivity contribution in [3.05, 3.63) is 0 Å². The maximum Gasteiger partial charge on any atom is 0.0340 e. The summed E-state index contributed by atoms with van der Waals surface area (Å²) in [6.07, 6.45) is 0.980. The van der Waals surface area contributed by atoms with Crippen molar-refractivity contribution in [2.24, 2.45) is 5.92 Å². The number of rotatable bonds is 3. The molecule has 0 unspecified atom stereocenters. The molecule has 2 heteroatoms. The molecule has 0 aliphatic carbocycles. The Kier molecular flexibility index (Phi) is 3.83. The molecule has 0 radical (unpaired) electrons. The molecule has 0 aromatic carbocycles. The van der Waals surface area contributed by atoms with Crippen LogP contribution in [0.1, 0.15) is 27.2 Å². The molecule has 0 aromatic heterocycles. The minimum atomic E-state index is 0.259. The van der Waals surface area contributed by atoms with Crippen LogP contribution in [0.15, 0.2) is 0 Å². The van der Waals surface area contributed by atoms with E-state index in [1.54, 1.807) is 0 Å². The second-order valence-corrected chi connectivity index (χ2v) is 2.39. The van der Waals surface area contributed by atoms with Gasteiger partial charge in [0.15, 0.2) is 0 Å². The van der Waals surface area contributed by atoms with Crippen LogP contribution in [0, 0.1) is 5.92 Å². The highest BCUT2D eigenvalue weighted by Crippen LogP contribution is 2.02. The van der Waals surface area contributed by atoms with Gasteiger partial charge < -0.3 is 5.21 Å². The minimum absolute atomic E-state index is 0.259. The first-order chi connectivity index (χ1) is 3.72. The topological polar surface area (TPSA) is 32.3 Å². The first-order valence-electron chi connectivity index (χ1n) is 3.12. The van der Waals surface area contributed by atoms with E-state index >= 15 is 0 Å². The Morgan fingerprint density at radius 3 is 2.00 bits per heavy atom. The molecule has 2 nitrogen and oxygen atoms in total. The van der Waals surface area contributed by atoms with E-state index in [9.17, 15) is 0 Å². The van der Waals surface area contributed by atoms with Crippen molar-refractivity contribution >= 4 is 0 Å². The van der Waals surface area contributed by atoms with Crippen LogP contribution in [-0.4, -0.2) is 11.2 Å². The summed E-state index contributed by atoms with van der Waals surface area (Å²) in [5.74, 6) is 0.519. The molecular weight excluding hydrogens is 102 g/mol. The lowest BCUT2D eigenvalue weighted by atomic mass is 10.0. The predicted octanol–water partition coefficient (Wildman–Crippen LogP) is 1.40. The van der Waals surface area contributed by atoms with Crippen molar-refractivity contribution < 1.29 is 5.21 Å². The van der Waals surface area contributed by atoms with Crippen LogP contribution in [0.3, 0.4) is 0 Å². The first-order valence-corrected chi connectivity index (χ1v) is 3.12. The van der Waals surface area contributed by atoms with Gasteiger partial charge in [0.1, 0.15) is 0 Å². The molecule has 0 bridgehead atoms. The van der Waals surface area contributed by atoms with Crippen molar-refractivity contribution in [3.8, 4) is 0 Å². The van der Waals surface area contributed by atoms with Gasteiger partial charge in [-0.2, -0.15) is 0 Å². The van der Waals surface area contributed by atoms with E-state index in [0.717, 1.165) is 6.42 Å². The van der Waals surface area contributed by atoms with E-state index in [0.29, 0.717) is 5.92 Å². The predicted molar refractivity (Wildman–Crippen MR) is 33.8 cm³/mol. The molecule has 0 saturated heterocycles. The maximum atomic E-state index is 8.45. The van der Waals surface area contributed by atoms with Crippen LogP contribution < -0.4 is 5.48 Å². The highest BCUT2D eigenvalue weighted by Gasteiger charge is 2.06. The molecule has 0 spiro atoms. The second kappa shape index (κ2) is 3.87. The average Bonchev–Trinajstić information content (AvgIpc) is 1.69. The summed E-state index contributed by atoms with van der Waals surface area (Å²) < 4.78 is 0. The number of nitrogens with one attached hydrogen (secondary N) is 1. The summed E-state index contributed by atoms with van der Waals surface area (Å²) in [6.45, 7) is 6.21. The van der Waals surface area contributed by atoms with E-state index in [4.69, 9.17) is 5.21 Å². The maximum absolute atomic E-state index is 8.45. The molecule has 0 fully saturated rings. The molecule has 0 aromatic rings. The van der Waals surface area contributed by atoms with E-state index < -0.39 is 0 Å². The summed E-state index contributed by atoms with van der Waals surface area (Å²) in [7, 11) is 0. The second-order valence-electron chi connectivity index (χ2n) is 2.39. The lowest BCUT2D eigenvalue weighted by Gasteiger charge is -2.15. The van der Waals surface area contributed by atoms with Gasteiger partial charge in [0, 0.05) is 6.04 Å². The Hall–Kier alpha value is -0.0800. The monoisotopic (exact) mass is 117 g/mol. The summed E-state index contributed by atoms with van der Waals surface area (Å²) in [5, 5.41) is 8.45. The molecule has 8 heavy (non-hydrogen) atoms. The van der Waals surface area contributed by atoms with Crippen LogP contribution in [0.2, 0.25) is 0 Å². The fraction of sp³-hybridized carbons (Fsp3) is 1.00. The third-order valence-electron chi connectivity index (χ3n) is 1.41. The number of hydrogen-bond acceptors (Lipinski definition) is 2. The van der Waals surface area contributed by atoms with E-state index in [2.05, 4.69) is 19.3 Å². The van der Waals surface area contributed by atoms with E-state index in [1.165, 1.54) is 0 Å². The Labute approximate surface area is 50.9 Å². The van der Waals surface area contributed by atoms with Gasteiger partial charge >= 0.3 is 0 Å². The van der Waals surface area contributed by atoms with Crippen molar-refractivity contribution in [3.63, 3.8) is 0 Å². The zero-order valence-corrected chi connectivity index (χ0v) is 5.81. The van der Waals surface area contributed by atoms with Gasteiger partial charge in [0.05, 0.1) is 0 Å². The van der Waals surface area contributed by atoms with Crippen molar-refractivity contribution in [1.29, 1.82) is 0 Å². The van der Waals surface area contributed by atoms with Crippen LogP contribution >= 0.6 is 0 Å². The van der Waals surface area contributed by atoms with E-state index in [-0.39, 0.29) is 6.04 Å². The van der Waals surface area contributed by atoms with Crippen molar-refractivity contribution in [2.75, 3.05) is 0 Å². The molecule has 0 rings (SSSR count). The highest BCUT2D eigenvalue weighted by molar-refractivity contribution is 4.62. The van der Waals surface area contributed by atoms with Gasteiger partial charge in [-0.05, 0) is 12.3 Å². The van der Waals surface area contributed by atoms with Gasteiger partial charge in [-0.15, -0.1) is 0 Å². The quantitative estimate of drug-likeness (QED) is 0.548. The van der Waals surface area contributed by atoms with Gasteiger partial charge in [0.25, 0.3) is 0 Å². The molecule has 0 saturated carbocycles. The number of hydroxylamine groups is 1. The fourth-order valence-corrected chi connectivity index (χ4v) is 0.712. The lowest BCUT2D eigenvalue weighted by Crippen LogP contribution is -2.29. The Bertz CT molecular complexity index is 50.5. The fourth-order valence-electron chi connectivity index (χ4n) is 0.712. The van der Waals surface area contributed by atoms with Crippen LogP contribution in [-0.2, 0) is 0 Å². The number of hydrogen-bond donors (Lipinski definition) is 2. The van der Waals surface area contributed by atoms with Crippen LogP contribution in [0.25, 0.3) is 0 Å². The first kappa shape index (κ1) is 7.92. The highest BCUT2D eigenvalue weighted by atomic mass is 16.5. The summed E-state index contributed by atoms with van der Waals surface area (Å²) >= 11 is 0.